The van der Waals surface area contributed by atoms with E-state index in [-0.39, 0.29) is 11.9 Å². The smallest absolute Gasteiger partial charge is 0.127 e. The Labute approximate surface area is 115 Å². The summed E-state index contributed by atoms with van der Waals surface area (Å²) >= 11 is 7.40. The summed E-state index contributed by atoms with van der Waals surface area (Å²) in [6.07, 6.45) is 0.488. The molecule has 0 spiro atoms. The SMILES string of the molecule is Cc1cc(C(N)Cc2ccc(Cl)cc2F)sc1C. The number of thiophene rings is 1. The van der Waals surface area contributed by atoms with Gasteiger partial charge in [0.25, 0.3) is 0 Å². The van der Waals surface area contributed by atoms with Crippen LogP contribution in [0.25, 0.3) is 0 Å². The molecule has 18 heavy (non-hydrogen) atoms. The Hall–Kier alpha value is -0.900. The van der Waals surface area contributed by atoms with Gasteiger partial charge in [0.15, 0.2) is 0 Å². The third-order valence-corrected chi connectivity index (χ3v) is 4.52. The van der Waals surface area contributed by atoms with E-state index in [0.717, 1.165) is 4.88 Å². The molecule has 0 saturated heterocycles. The van der Waals surface area contributed by atoms with Gasteiger partial charge < -0.3 is 5.73 Å². The lowest BCUT2D eigenvalue weighted by molar-refractivity contribution is 0.595. The van der Waals surface area contributed by atoms with E-state index < -0.39 is 0 Å². The zero-order valence-corrected chi connectivity index (χ0v) is 11.9. The van der Waals surface area contributed by atoms with Crippen LogP contribution in [-0.2, 0) is 6.42 Å². The van der Waals surface area contributed by atoms with Crippen LogP contribution in [0, 0.1) is 19.7 Å². The van der Waals surface area contributed by atoms with Crippen LogP contribution in [0.2, 0.25) is 5.02 Å². The number of hydrogen-bond acceptors (Lipinski definition) is 2. The van der Waals surface area contributed by atoms with E-state index in [4.69, 9.17) is 17.3 Å². The molecule has 1 atom stereocenters. The number of hydrogen-bond donors (Lipinski definition) is 1. The molecule has 0 aliphatic rings. The molecular formula is C14H15ClFNS. The molecule has 2 N–H and O–H groups in total. The molecule has 0 bridgehead atoms. The zero-order valence-electron chi connectivity index (χ0n) is 10.3. The van der Waals surface area contributed by atoms with Gasteiger partial charge in [-0.05, 0) is 49.6 Å². The second kappa shape index (κ2) is 5.39. The van der Waals surface area contributed by atoms with Crippen molar-refractivity contribution in [2.45, 2.75) is 26.3 Å². The fourth-order valence-electron chi connectivity index (χ4n) is 1.81. The highest BCUT2D eigenvalue weighted by Crippen LogP contribution is 2.28. The Balaban J connectivity index is 2.18. The van der Waals surface area contributed by atoms with Crippen molar-refractivity contribution in [3.8, 4) is 0 Å². The Bertz CT molecular complexity index is 545. The summed E-state index contributed by atoms with van der Waals surface area (Å²) in [5, 5.41) is 0.410. The van der Waals surface area contributed by atoms with Crippen molar-refractivity contribution >= 4 is 22.9 Å². The van der Waals surface area contributed by atoms with E-state index >= 15 is 0 Å². The minimum absolute atomic E-state index is 0.168. The highest BCUT2D eigenvalue weighted by atomic mass is 35.5. The van der Waals surface area contributed by atoms with Gasteiger partial charge in [0.05, 0.1) is 0 Å². The molecule has 2 aromatic rings. The summed E-state index contributed by atoms with van der Waals surface area (Å²) < 4.78 is 13.7. The third-order valence-electron chi connectivity index (χ3n) is 3.01. The van der Waals surface area contributed by atoms with Crippen LogP contribution in [0.4, 0.5) is 4.39 Å². The topological polar surface area (TPSA) is 26.0 Å². The second-order valence-corrected chi connectivity index (χ2v) is 6.16. The monoisotopic (exact) mass is 283 g/mol. The van der Waals surface area contributed by atoms with E-state index in [2.05, 4.69) is 19.9 Å². The van der Waals surface area contributed by atoms with Crippen molar-refractivity contribution in [3.63, 3.8) is 0 Å². The molecule has 1 heterocycles. The predicted molar refractivity (Wildman–Crippen MR) is 75.8 cm³/mol. The minimum atomic E-state index is -0.289. The van der Waals surface area contributed by atoms with Crippen LogP contribution < -0.4 is 5.73 Å². The normalized spacial score (nSPS) is 12.7. The first-order chi connectivity index (χ1) is 8.47. The second-order valence-electron chi connectivity index (χ2n) is 4.43. The van der Waals surface area contributed by atoms with Crippen LogP contribution in [0.15, 0.2) is 24.3 Å². The van der Waals surface area contributed by atoms with Crippen molar-refractivity contribution in [1.82, 2.24) is 0 Å². The highest BCUT2D eigenvalue weighted by Gasteiger charge is 2.13. The van der Waals surface area contributed by atoms with E-state index in [0.29, 0.717) is 17.0 Å². The Morgan fingerprint density at radius 2 is 2.06 bits per heavy atom. The van der Waals surface area contributed by atoms with E-state index in [1.165, 1.54) is 16.5 Å². The summed E-state index contributed by atoms with van der Waals surface area (Å²) in [5.41, 5.74) is 7.97. The van der Waals surface area contributed by atoms with Crippen LogP contribution in [0.5, 0.6) is 0 Å². The van der Waals surface area contributed by atoms with Gasteiger partial charge in [-0.2, -0.15) is 0 Å². The molecule has 1 aromatic carbocycles. The first kappa shape index (κ1) is 13.5. The molecule has 1 unspecified atom stereocenters. The number of benzene rings is 1. The Morgan fingerprint density at radius 3 is 2.61 bits per heavy atom. The van der Waals surface area contributed by atoms with Gasteiger partial charge in [-0.3, -0.25) is 0 Å². The van der Waals surface area contributed by atoms with Gasteiger partial charge in [0.2, 0.25) is 0 Å². The van der Waals surface area contributed by atoms with Gasteiger partial charge in [0.1, 0.15) is 5.82 Å². The molecule has 0 aliphatic heterocycles. The lowest BCUT2D eigenvalue weighted by Crippen LogP contribution is -2.12. The number of aryl methyl sites for hydroxylation is 2. The van der Waals surface area contributed by atoms with E-state index in [1.807, 2.05) is 0 Å². The molecule has 2 rings (SSSR count). The van der Waals surface area contributed by atoms with Crippen molar-refractivity contribution in [2.24, 2.45) is 5.73 Å². The Morgan fingerprint density at radius 1 is 1.33 bits per heavy atom. The molecule has 0 fully saturated rings. The summed E-state index contributed by atoms with van der Waals surface area (Å²) in [4.78, 5) is 2.36. The molecular weight excluding hydrogens is 269 g/mol. The largest absolute Gasteiger partial charge is 0.323 e. The van der Waals surface area contributed by atoms with Gasteiger partial charge in [0, 0.05) is 20.8 Å². The van der Waals surface area contributed by atoms with Crippen molar-refractivity contribution in [2.75, 3.05) is 0 Å². The minimum Gasteiger partial charge on any atom is -0.323 e. The maximum atomic E-state index is 13.7. The summed E-state index contributed by atoms with van der Waals surface area (Å²) in [5.74, 6) is -0.289. The van der Waals surface area contributed by atoms with Gasteiger partial charge >= 0.3 is 0 Å². The third kappa shape index (κ3) is 2.91. The standard InChI is InChI=1S/C14H15ClFNS/c1-8-5-14(18-9(8)2)13(17)6-10-3-4-11(15)7-12(10)16/h3-5,7,13H,6,17H2,1-2H3. The summed E-state index contributed by atoms with van der Waals surface area (Å²) in [6.45, 7) is 4.13. The van der Waals surface area contributed by atoms with Crippen molar-refractivity contribution < 1.29 is 4.39 Å². The molecule has 1 nitrogen and oxygen atoms in total. The summed E-state index contributed by atoms with van der Waals surface area (Å²) in [7, 11) is 0. The first-order valence-corrected chi connectivity index (χ1v) is 6.93. The van der Waals surface area contributed by atoms with E-state index in [1.54, 1.807) is 23.5 Å². The molecule has 0 amide bonds. The molecule has 1 aromatic heterocycles. The molecule has 4 heteroatoms. The van der Waals surface area contributed by atoms with Crippen LogP contribution in [0.3, 0.4) is 0 Å². The maximum Gasteiger partial charge on any atom is 0.127 e. The van der Waals surface area contributed by atoms with Gasteiger partial charge in [-0.25, -0.2) is 4.39 Å². The van der Waals surface area contributed by atoms with Crippen LogP contribution in [0.1, 0.15) is 26.9 Å². The molecule has 0 aliphatic carbocycles. The number of halogens is 2. The lowest BCUT2D eigenvalue weighted by Gasteiger charge is -2.10. The average Bonchev–Trinajstić information content (AvgIpc) is 2.63. The lowest BCUT2D eigenvalue weighted by atomic mass is 10.0. The number of rotatable bonds is 3. The number of nitrogens with two attached hydrogens (primary N) is 1. The first-order valence-electron chi connectivity index (χ1n) is 5.74. The quantitative estimate of drug-likeness (QED) is 0.888. The zero-order chi connectivity index (χ0) is 13.3. The fraction of sp³-hybridized carbons (Fsp3) is 0.286. The van der Waals surface area contributed by atoms with Crippen molar-refractivity contribution in [3.05, 3.63) is 56.0 Å². The van der Waals surface area contributed by atoms with E-state index in [9.17, 15) is 4.39 Å². The molecule has 0 radical (unpaired) electrons. The van der Waals surface area contributed by atoms with Crippen molar-refractivity contribution in [1.29, 1.82) is 0 Å². The molecule has 0 saturated carbocycles. The predicted octanol–water partition coefficient (Wildman–Crippen LogP) is 4.40. The Kier molecular flexibility index (Phi) is 4.05. The van der Waals surface area contributed by atoms with Gasteiger partial charge in [-0.15, -0.1) is 11.3 Å². The van der Waals surface area contributed by atoms with Crippen LogP contribution >= 0.6 is 22.9 Å². The van der Waals surface area contributed by atoms with Gasteiger partial charge in [-0.1, -0.05) is 17.7 Å². The fourth-order valence-corrected chi connectivity index (χ4v) is 3.01. The van der Waals surface area contributed by atoms with Crippen LogP contribution in [-0.4, -0.2) is 0 Å². The average molecular weight is 284 g/mol. The highest BCUT2D eigenvalue weighted by molar-refractivity contribution is 7.12. The summed E-state index contributed by atoms with van der Waals surface area (Å²) in [6, 6.07) is 6.63. The molecule has 96 valence electrons. The maximum absolute atomic E-state index is 13.7.